The maximum absolute atomic E-state index is 13.0. The quantitative estimate of drug-likeness (QED) is 0.799. The van der Waals surface area contributed by atoms with E-state index in [9.17, 15) is 14.4 Å². The van der Waals surface area contributed by atoms with Crippen LogP contribution in [0.1, 0.15) is 54.0 Å². The van der Waals surface area contributed by atoms with Gasteiger partial charge in [-0.05, 0) is 25.3 Å². The van der Waals surface area contributed by atoms with Gasteiger partial charge in [-0.2, -0.15) is 0 Å². The number of aromatic nitrogens is 1. The molecule has 0 saturated heterocycles. The first kappa shape index (κ1) is 21.4. The van der Waals surface area contributed by atoms with Gasteiger partial charge in [0.25, 0.3) is 11.8 Å². The standard InChI is InChI=1S/C22H29N3O3/c1-15(2)11-25-13-18(21(27)23-16(3)4)20(26)19(14-25)22(28)24(5)12-17-9-7-6-8-10-17/h6-10,13-16H,11-12H2,1-5H3,(H,23,27). The molecule has 1 aromatic heterocycles. The summed E-state index contributed by atoms with van der Waals surface area (Å²) in [5.74, 6) is -0.558. The van der Waals surface area contributed by atoms with Gasteiger partial charge in [0.2, 0.25) is 5.43 Å². The van der Waals surface area contributed by atoms with Crippen molar-refractivity contribution in [1.29, 1.82) is 0 Å². The number of carbonyl (C=O) groups excluding carboxylic acids is 2. The lowest BCUT2D eigenvalue weighted by molar-refractivity contribution is 0.0782. The van der Waals surface area contributed by atoms with Crippen LogP contribution in [0.4, 0.5) is 0 Å². The molecular weight excluding hydrogens is 354 g/mol. The Morgan fingerprint density at radius 3 is 2.21 bits per heavy atom. The Labute approximate surface area is 166 Å². The van der Waals surface area contributed by atoms with Crippen LogP contribution in [-0.2, 0) is 13.1 Å². The van der Waals surface area contributed by atoms with Gasteiger partial charge in [0.15, 0.2) is 0 Å². The van der Waals surface area contributed by atoms with Gasteiger partial charge in [-0.15, -0.1) is 0 Å². The number of amides is 2. The van der Waals surface area contributed by atoms with Gasteiger partial charge in [0, 0.05) is 38.6 Å². The van der Waals surface area contributed by atoms with Crippen molar-refractivity contribution in [2.45, 2.75) is 46.8 Å². The molecule has 150 valence electrons. The molecular formula is C22H29N3O3. The molecule has 0 saturated carbocycles. The Kier molecular flexibility index (Phi) is 7.15. The summed E-state index contributed by atoms with van der Waals surface area (Å²) >= 11 is 0. The van der Waals surface area contributed by atoms with E-state index in [1.807, 2.05) is 58.0 Å². The zero-order valence-corrected chi connectivity index (χ0v) is 17.2. The normalized spacial score (nSPS) is 11.0. The van der Waals surface area contributed by atoms with Crippen molar-refractivity contribution in [1.82, 2.24) is 14.8 Å². The van der Waals surface area contributed by atoms with E-state index in [1.165, 1.54) is 11.1 Å². The van der Waals surface area contributed by atoms with Crippen LogP contribution in [-0.4, -0.2) is 34.4 Å². The van der Waals surface area contributed by atoms with Crippen LogP contribution in [0, 0.1) is 5.92 Å². The summed E-state index contributed by atoms with van der Waals surface area (Å²) in [7, 11) is 1.66. The number of benzene rings is 1. The molecule has 1 aromatic carbocycles. The number of hydrogen-bond donors (Lipinski definition) is 1. The van der Waals surface area contributed by atoms with Crippen molar-refractivity contribution in [3.63, 3.8) is 0 Å². The van der Waals surface area contributed by atoms with E-state index in [0.717, 1.165) is 5.56 Å². The largest absolute Gasteiger partial charge is 0.352 e. The maximum atomic E-state index is 13.0. The highest BCUT2D eigenvalue weighted by atomic mass is 16.2. The summed E-state index contributed by atoms with van der Waals surface area (Å²) in [5, 5.41) is 2.74. The molecule has 2 aromatic rings. The minimum absolute atomic E-state index is 0.00619. The zero-order chi connectivity index (χ0) is 20.8. The van der Waals surface area contributed by atoms with Gasteiger partial charge < -0.3 is 14.8 Å². The fourth-order valence-electron chi connectivity index (χ4n) is 2.95. The molecule has 6 nitrogen and oxygen atoms in total. The molecule has 0 fully saturated rings. The van der Waals surface area contributed by atoms with Crippen molar-refractivity contribution in [3.05, 3.63) is 69.6 Å². The lowest BCUT2D eigenvalue weighted by Gasteiger charge is -2.19. The van der Waals surface area contributed by atoms with Crippen LogP contribution in [0.2, 0.25) is 0 Å². The first-order valence-electron chi connectivity index (χ1n) is 9.53. The fraction of sp³-hybridized carbons (Fsp3) is 0.409. The van der Waals surface area contributed by atoms with E-state index < -0.39 is 17.2 Å². The lowest BCUT2D eigenvalue weighted by atomic mass is 10.1. The van der Waals surface area contributed by atoms with E-state index >= 15 is 0 Å². The van der Waals surface area contributed by atoms with Crippen molar-refractivity contribution in [2.75, 3.05) is 7.05 Å². The summed E-state index contributed by atoms with van der Waals surface area (Å²) in [6.07, 6.45) is 3.09. The Bertz CT molecular complexity index is 886. The molecule has 6 heteroatoms. The van der Waals surface area contributed by atoms with Gasteiger partial charge in [-0.1, -0.05) is 44.2 Å². The predicted molar refractivity (Wildman–Crippen MR) is 110 cm³/mol. The summed E-state index contributed by atoms with van der Waals surface area (Å²) < 4.78 is 1.75. The molecule has 0 radical (unpaired) electrons. The van der Waals surface area contributed by atoms with Gasteiger partial charge >= 0.3 is 0 Å². The number of pyridine rings is 1. The minimum atomic E-state index is -0.539. The number of rotatable bonds is 7. The monoisotopic (exact) mass is 383 g/mol. The molecule has 0 unspecified atom stereocenters. The first-order valence-corrected chi connectivity index (χ1v) is 9.53. The third kappa shape index (κ3) is 5.55. The highest BCUT2D eigenvalue weighted by molar-refractivity contribution is 5.99. The van der Waals surface area contributed by atoms with Crippen molar-refractivity contribution in [2.24, 2.45) is 5.92 Å². The number of hydrogen-bond acceptors (Lipinski definition) is 3. The van der Waals surface area contributed by atoms with Crippen LogP contribution in [0.3, 0.4) is 0 Å². The predicted octanol–water partition coefficient (Wildman–Crippen LogP) is 2.91. The van der Waals surface area contributed by atoms with Crippen molar-refractivity contribution < 1.29 is 9.59 Å². The molecule has 0 aliphatic carbocycles. The fourth-order valence-corrected chi connectivity index (χ4v) is 2.95. The van der Waals surface area contributed by atoms with Crippen LogP contribution in [0.15, 0.2) is 47.5 Å². The maximum Gasteiger partial charge on any atom is 0.259 e. The van der Waals surface area contributed by atoms with Crippen LogP contribution >= 0.6 is 0 Å². The third-order valence-electron chi connectivity index (χ3n) is 4.16. The second kappa shape index (κ2) is 9.35. The summed E-state index contributed by atoms with van der Waals surface area (Å²) in [5.41, 5.74) is 0.432. The summed E-state index contributed by atoms with van der Waals surface area (Å²) in [6, 6.07) is 9.46. The molecule has 1 heterocycles. The molecule has 2 rings (SSSR count). The zero-order valence-electron chi connectivity index (χ0n) is 17.2. The van der Waals surface area contributed by atoms with Gasteiger partial charge in [-0.3, -0.25) is 14.4 Å². The Balaban J connectivity index is 2.41. The topological polar surface area (TPSA) is 71.4 Å². The Morgan fingerprint density at radius 2 is 1.64 bits per heavy atom. The number of nitrogens with one attached hydrogen (secondary N) is 1. The number of nitrogens with zero attached hydrogens (tertiary/aromatic N) is 2. The van der Waals surface area contributed by atoms with E-state index in [0.29, 0.717) is 19.0 Å². The molecule has 0 aliphatic heterocycles. The van der Waals surface area contributed by atoms with Crippen LogP contribution in [0.5, 0.6) is 0 Å². The molecule has 1 N–H and O–H groups in total. The van der Waals surface area contributed by atoms with E-state index in [1.54, 1.807) is 17.8 Å². The molecule has 0 bridgehead atoms. The van der Waals surface area contributed by atoms with Gasteiger partial charge in [0.1, 0.15) is 11.1 Å². The molecule has 0 atom stereocenters. The highest BCUT2D eigenvalue weighted by Crippen LogP contribution is 2.09. The van der Waals surface area contributed by atoms with Crippen molar-refractivity contribution >= 4 is 11.8 Å². The van der Waals surface area contributed by atoms with Gasteiger partial charge in [-0.25, -0.2) is 0 Å². The summed E-state index contributed by atoms with van der Waals surface area (Å²) in [4.78, 5) is 39.9. The average molecular weight is 383 g/mol. The highest BCUT2D eigenvalue weighted by Gasteiger charge is 2.22. The molecule has 2 amide bonds. The molecule has 0 spiro atoms. The van der Waals surface area contributed by atoms with E-state index in [4.69, 9.17) is 0 Å². The second-order valence-corrected chi connectivity index (χ2v) is 7.78. The van der Waals surface area contributed by atoms with E-state index in [2.05, 4.69) is 5.32 Å². The van der Waals surface area contributed by atoms with Crippen molar-refractivity contribution in [3.8, 4) is 0 Å². The van der Waals surface area contributed by atoms with E-state index in [-0.39, 0.29) is 17.2 Å². The minimum Gasteiger partial charge on any atom is -0.352 e. The van der Waals surface area contributed by atoms with Crippen LogP contribution < -0.4 is 10.7 Å². The third-order valence-corrected chi connectivity index (χ3v) is 4.16. The summed E-state index contributed by atoms with van der Waals surface area (Å²) in [6.45, 7) is 8.71. The average Bonchev–Trinajstić information content (AvgIpc) is 2.62. The Morgan fingerprint density at radius 1 is 1.04 bits per heavy atom. The van der Waals surface area contributed by atoms with Gasteiger partial charge in [0.05, 0.1) is 0 Å². The lowest BCUT2D eigenvalue weighted by Crippen LogP contribution is -2.38. The van der Waals surface area contributed by atoms with Crippen LogP contribution in [0.25, 0.3) is 0 Å². The first-order chi connectivity index (χ1) is 13.2. The SMILES string of the molecule is CC(C)Cn1cc(C(=O)NC(C)C)c(=O)c(C(=O)N(C)Cc2ccccc2)c1. The molecule has 28 heavy (non-hydrogen) atoms. The number of carbonyl (C=O) groups is 2. The smallest absolute Gasteiger partial charge is 0.259 e. The molecule has 0 aliphatic rings. The Hall–Kier alpha value is -2.89. The second-order valence-electron chi connectivity index (χ2n) is 7.78.